The number of rotatable bonds is 2. The molecule has 0 amide bonds. The van der Waals surface area contributed by atoms with E-state index in [-0.39, 0.29) is 5.82 Å². The van der Waals surface area contributed by atoms with Crippen molar-refractivity contribution < 1.29 is 4.39 Å². The highest BCUT2D eigenvalue weighted by Crippen LogP contribution is 2.28. The summed E-state index contributed by atoms with van der Waals surface area (Å²) >= 11 is 0. The zero-order valence-corrected chi connectivity index (χ0v) is 10.3. The van der Waals surface area contributed by atoms with Crippen LogP contribution in [0.4, 0.5) is 15.8 Å². The first kappa shape index (κ1) is 12.1. The molecule has 0 bridgehead atoms. The minimum absolute atomic E-state index is 0.317. The van der Waals surface area contributed by atoms with Crippen LogP contribution in [0, 0.1) is 31.0 Å². The van der Waals surface area contributed by atoms with Crippen molar-refractivity contribution >= 4 is 11.4 Å². The van der Waals surface area contributed by atoms with Crippen LogP contribution in [0.1, 0.15) is 16.7 Å². The number of benzene rings is 2. The molecule has 2 rings (SSSR count). The molecule has 3 heteroatoms. The van der Waals surface area contributed by atoms with Crippen LogP contribution in [0.5, 0.6) is 0 Å². The van der Waals surface area contributed by atoms with Gasteiger partial charge < -0.3 is 5.32 Å². The topological polar surface area (TPSA) is 35.8 Å². The molecule has 2 aromatic rings. The van der Waals surface area contributed by atoms with Gasteiger partial charge >= 0.3 is 0 Å². The normalized spacial score (nSPS) is 9.89. The third kappa shape index (κ3) is 2.18. The van der Waals surface area contributed by atoms with Crippen LogP contribution in [0.15, 0.2) is 36.4 Å². The number of halogens is 1. The van der Waals surface area contributed by atoms with Gasteiger partial charge in [0.05, 0.1) is 16.9 Å². The van der Waals surface area contributed by atoms with Crippen LogP contribution in [0.2, 0.25) is 0 Å². The molecule has 0 aliphatic carbocycles. The van der Waals surface area contributed by atoms with Gasteiger partial charge in [-0.05, 0) is 37.1 Å². The summed E-state index contributed by atoms with van der Waals surface area (Å²) < 4.78 is 13.8. The largest absolute Gasteiger partial charge is 0.352 e. The molecule has 0 aliphatic heterocycles. The number of hydrogen-bond acceptors (Lipinski definition) is 2. The highest BCUT2D eigenvalue weighted by molar-refractivity contribution is 5.71. The lowest BCUT2D eigenvalue weighted by Gasteiger charge is -2.14. The average molecular weight is 240 g/mol. The van der Waals surface area contributed by atoms with Gasteiger partial charge in [-0.1, -0.05) is 24.3 Å². The maximum absolute atomic E-state index is 13.8. The molecule has 0 heterocycles. The van der Waals surface area contributed by atoms with Crippen molar-refractivity contribution in [1.82, 2.24) is 0 Å². The zero-order valence-electron chi connectivity index (χ0n) is 10.3. The quantitative estimate of drug-likeness (QED) is 0.859. The Kier molecular flexibility index (Phi) is 3.29. The minimum atomic E-state index is -0.317. The van der Waals surface area contributed by atoms with E-state index in [1.807, 2.05) is 32.0 Å². The second kappa shape index (κ2) is 4.89. The number of nitriles is 1. The van der Waals surface area contributed by atoms with E-state index < -0.39 is 0 Å². The summed E-state index contributed by atoms with van der Waals surface area (Å²) in [5.41, 5.74) is 3.31. The molecular formula is C15H13FN2. The number of aryl methyl sites for hydroxylation is 2. The summed E-state index contributed by atoms with van der Waals surface area (Å²) in [4.78, 5) is 0. The second-order valence-corrected chi connectivity index (χ2v) is 4.17. The lowest BCUT2D eigenvalue weighted by molar-refractivity contribution is 0.631. The van der Waals surface area contributed by atoms with Gasteiger partial charge in [0.2, 0.25) is 0 Å². The number of anilines is 2. The lowest BCUT2D eigenvalue weighted by atomic mass is 10.1. The van der Waals surface area contributed by atoms with E-state index in [1.165, 1.54) is 6.07 Å². The van der Waals surface area contributed by atoms with Crippen LogP contribution in [0.25, 0.3) is 0 Å². The molecule has 2 nitrogen and oxygen atoms in total. The smallest absolute Gasteiger partial charge is 0.146 e. The van der Waals surface area contributed by atoms with Gasteiger partial charge in [-0.3, -0.25) is 0 Å². The molecule has 90 valence electrons. The summed E-state index contributed by atoms with van der Waals surface area (Å²) in [5.74, 6) is -0.317. The summed E-state index contributed by atoms with van der Waals surface area (Å²) in [7, 11) is 0. The van der Waals surface area contributed by atoms with Crippen LogP contribution in [-0.4, -0.2) is 0 Å². The fraction of sp³-hybridized carbons (Fsp3) is 0.133. The molecule has 0 atom stereocenters. The maximum Gasteiger partial charge on any atom is 0.146 e. The highest BCUT2D eigenvalue weighted by Gasteiger charge is 2.10. The van der Waals surface area contributed by atoms with E-state index >= 15 is 0 Å². The van der Waals surface area contributed by atoms with Crippen LogP contribution in [0.3, 0.4) is 0 Å². The number of para-hydroxylation sites is 2. The van der Waals surface area contributed by atoms with Crippen LogP contribution < -0.4 is 5.32 Å². The Morgan fingerprint density at radius 3 is 2.22 bits per heavy atom. The SMILES string of the molecule is Cc1cccc(F)c1Nc1c(C)cccc1C#N. The number of hydrogen-bond donors (Lipinski definition) is 1. The first-order chi connectivity index (χ1) is 8.63. The van der Waals surface area contributed by atoms with Crippen molar-refractivity contribution in [3.05, 3.63) is 58.9 Å². The van der Waals surface area contributed by atoms with Crippen molar-refractivity contribution in [2.24, 2.45) is 0 Å². The Bertz CT molecular complexity index is 607. The molecule has 0 aliphatic rings. The predicted octanol–water partition coefficient (Wildman–Crippen LogP) is 4.06. The Labute approximate surface area is 106 Å². The molecule has 0 radical (unpaired) electrons. The van der Waals surface area contributed by atoms with E-state index in [2.05, 4.69) is 11.4 Å². The Morgan fingerprint density at radius 2 is 1.61 bits per heavy atom. The lowest BCUT2D eigenvalue weighted by Crippen LogP contribution is -2.00. The molecule has 0 saturated carbocycles. The molecule has 0 spiro atoms. The fourth-order valence-corrected chi connectivity index (χ4v) is 1.84. The summed E-state index contributed by atoms with van der Waals surface area (Å²) in [6, 6.07) is 12.4. The summed E-state index contributed by atoms with van der Waals surface area (Å²) in [5, 5.41) is 12.1. The van der Waals surface area contributed by atoms with Gasteiger partial charge in [0.25, 0.3) is 0 Å². The summed E-state index contributed by atoms with van der Waals surface area (Å²) in [6.07, 6.45) is 0. The van der Waals surface area contributed by atoms with Crippen LogP contribution >= 0.6 is 0 Å². The predicted molar refractivity (Wildman–Crippen MR) is 70.3 cm³/mol. The van der Waals surface area contributed by atoms with Crippen molar-refractivity contribution in [1.29, 1.82) is 5.26 Å². The molecule has 0 aromatic heterocycles. The van der Waals surface area contributed by atoms with E-state index in [9.17, 15) is 4.39 Å². The molecule has 0 fully saturated rings. The van der Waals surface area contributed by atoms with Gasteiger partial charge in [0.15, 0.2) is 0 Å². The highest BCUT2D eigenvalue weighted by atomic mass is 19.1. The fourth-order valence-electron chi connectivity index (χ4n) is 1.84. The average Bonchev–Trinajstić information content (AvgIpc) is 2.35. The minimum Gasteiger partial charge on any atom is -0.352 e. The van der Waals surface area contributed by atoms with Crippen LogP contribution in [-0.2, 0) is 0 Å². The third-order valence-electron chi connectivity index (χ3n) is 2.87. The van der Waals surface area contributed by atoms with Gasteiger partial charge in [0, 0.05) is 0 Å². The van der Waals surface area contributed by atoms with Gasteiger partial charge in [-0.2, -0.15) is 5.26 Å². The van der Waals surface area contributed by atoms with Crippen molar-refractivity contribution in [2.75, 3.05) is 5.32 Å². The molecule has 1 N–H and O–H groups in total. The van der Waals surface area contributed by atoms with Gasteiger partial charge in [0.1, 0.15) is 11.9 Å². The van der Waals surface area contributed by atoms with E-state index in [0.717, 1.165) is 11.1 Å². The molecule has 0 saturated heterocycles. The Morgan fingerprint density at radius 1 is 1.00 bits per heavy atom. The molecule has 18 heavy (non-hydrogen) atoms. The molecule has 2 aromatic carbocycles. The Balaban J connectivity index is 2.50. The van der Waals surface area contributed by atoms with Crippen molar-refractivity contribution in [3.8, 4) is 6.07 Å². The molecule has 0 unspecified atom stereocenters. The van der Waals surface area contributed by atoms with E-state index in [1.54, 1.807) is 12.1 Å². The maximum atomic E-state index is 13.8. The second-order valence-electron chi connectivity index (χ2n) is 4.17. The third-order valence-corrected chi connectivity index (χ3v) is 2.87. The van der Waals surface area contributed by atoms with Crippen molar-refractivity contribution in [3.63, 3.8) is 0 Å². The zero-order chi connectivity index (χ0) is 13.1. The first-order valence-electron chi connectivity index (χ1n) is 5.65. The summed E-state index contributed by atoms with van der Waals surface area (Å²) in [6.45, 7) is 3.72. The monoisotopic (exact) mass is 240 g/mol. The number of nitrogens with zero attached hydrogens (tertiary/aromatic N) is 1. The standard InChI is InChI=1S/C15H13FN2/c1-10-5-3-7-12(9-17)14(10)18-15-11(2)6-4-8-13(15)16/h3-8,18H,1-2H3. The van der Waals surface area contributed by atoms with Gasteiger partial charge in [-0.25, -0.2) is 4.39 Å². The van der Waals surface area contributed by atoms with Gasteiger partial charge in [-0.15, -0.1) is 0 Å². The van der Waals surface area contributed by atoms with E-state index in [0.29, 0.717) is 16.9 Å². The first-order valence-corrected chi connectivity index (χ1v) is 5.65. The van der Waals surface area contributed by atoms with E-state index in [4.69, 9.17) is 5.26 Å². The Hall–Kier alpha value is -2.34. The number of nitrogens with one attached hydrogen (secondary N) is 1. The molecular weight excluding hydrogens is 227 g/mol. The van der Waals surface area contributed by atoms with Crippen molar-refractivity contribution in [2.45, 2.75) is 13.8 Å².